The van der Waals surface area contributed by atoms with Crippen LogP contribution in [0.5, 0.6) is 0 Å². The molecule has 1 aliphatic heterocycles. The summed E-state index contributed by atoms with van der Waals surface area (Å²) < 4.78 is 27.0. The first-order valence-corrected chi connectivity index (χ1v) is 8.32. The van der Waals surface area contributed by atoms with Crippen LogP contribution in [0.15, 0.2) is 17.2 Å². The molecular formula is C12H19ClN4O2S. The van der Waals surface area contributed by atoms with Crippen LogP contribution in [0, 0.1) is 5.92 Å². The molecule has 0 bridgehead atoms. The van der Waals surface area contributed by atoms with Crippen LogP contribution < -0.4 is 11.5 Å². The summed E-state index contributed by atoms with van der Waals surface area (Å²) in [5.74, 6) is 0.181. The van der Waals surface area contributed by atoms with E-state index in [0.717, 1.165) is 12.8 Å². The molecule has 20 heavy (non-hydrogen) atoms. The number of halogens is 1. The Labute approximate surface area is 124 Å². The van der Waals surface area contributed by atoms with Crippen LogP contribution in [0.3, 0.4) is 0 Å². The number of nitrogen functional groups attached to an aromatic ring is 1. The molecule has 1 aromatic rings. The third-order valence-electron chi connectivity index (χ3n) is 3.74. The lowest BCUT2D eigenvalue weighted by Gasteiger charge is -2.38. The van der Waals surface area contributed by atoms with E-state index in [4.69, 9.17) is 23.1 Å². The van der Waals surface area contributed by atoms with Crippen LogP contribution in [-0.4, -0.2) is 36.8 Å². The molecule has 6 nitrogen and oxygen atoms in total. The van der Waals surface area contributed by atoms with E-state index < -0.39 is 10.0 Å². The van der Waals surface area contributed by atoms with Crippen LogP contribution >= 0.6 is 11.6 Å². The van der Waals surface area contributed by atoms with Crippen molar-refractivity contribution in [3.63, 3.8) is 0 Å². The number of hydrogen-bond acceptors (Lipinski definition) is 5. The second-order valence-electron chi connectivity index (χ2n) is 5.08. The van der Waals surface area contributed by atoms with E-state index in [-0.39, 0.29) is 34.2 Å². The van der Waals surface area contributed by atoms with E-state index in [1.54, 1.807) is 0 Å². The maximum Gasteiger partial charge on any atom is 0.247 e. The number of hydrogen-bond donors (Lipinski definition) is 2. The summed E-state index contributed by atoms with van der Waals surface area (Å²) in [6, 6.07) is 1.12. The lowest BCUT2D eigenvalue weighted by atomic mass is 9.93. The van der Waals surface area contributed by atoms with Gasteiger partial charge >= 0.3 is 0 Å². The van der Waals surface area contributed by atoms with Gasteiger partial charge in [-0.3, -0.25) is 0 Å². The van der Waals surface area contributed by atoms with Crippen molar-refractivity contribution in [1.82, 2.24) is 9.29 Å². The van der Waals surface area contributed by atoms with E-state index in [1.165, 1.54) is 16.6 Å². The number of sulfonamides is 1. The highest BCUT2D eigenvalue weighted by Gasteiger charge is 2.37. The highest BCUT2D eigenvalue weighted by atomic mass is 35.5. The van der Waals surface area contributed by atoms with Crippen molar-refractivity contribution >= 4 is 27.4 Å². The second kappa shape index (κ2) is 5.85. The van der Waals surface area contributed by atoms with Gasteiger partial charge in [-0.2, -0.15) is 4.31 Å². The SMILES string of the molecule is C[C@@H]1CCCN(S(=O)(=O)c2cc(Cl)cnc2N)[C@H]1CN. The first-order valence-electron chi connectivity index (χ1n) is 6.51. The van der Waals surface area contributed by atoms with Crippen LogP contribution in [0.2, 0.25) is 5.02 Å². The standard InChI is InChI=1S/C12H19ClN4O2S/c1-8-3-2-4-17(10(8)6-14)20(18,19)11-5-9(13)7-16-12(11)15/h5,7-8,10H,2-4,6,14H2,1H3,(H2,15,16)/t8-,10+/m1/s1. The van der Waals surface area contributed by atoms with Gasteiger partial charge in [0.25, 0.3) is 0 Å². The monoisotopic (exact) mass is 318 g/mol. The summed E-state index contributed by atoms with van der Waals surface area (Å²) in [6.07, 6.45) is 3.11. The van der Waals surface area contributed by atoms with Crippen LogP contribution in [-0.2, 0) is 10.0 Å². The molecule has 1 fully saturated rings. The largest absolute Gasteiger partial charge is 0.383 e. The Hall–Kier alpha value is -0.890. The lowest BCUT2D eigenvalue weighted by Crippen LogP contribution is -2.51. The molecule has 1 aromatic heterocycles. The zero-order valence-corrected chi connectivity index (χ0v) is 12.9. The Kier molecular flexibility index (Phi) is 4.53. The predicted octanol–water partition coefficient (Wildman–Crippen LogP) is 1.07. The van der Waals surface area contributed by atoms with Gasteiger partial charge in [-0.25, -0.2) is 13.4 Å². The molecule has 1 aliphatic rings. The van der Waals surface area contributed by atoms with Crippen LogP contribution in [0.25, 0.3) is 0 Å². The fourth-order valence-corrected chi connectivity index (χ4v) is 4.71. The Bertz CT molecular complexity index is 593. The molecule has 1 saturated heterocycles. The highest BCUT2D eigenvalue weighted by Crippen LogP contribution is 2.31. The summed E-state index contributed by atoms with van der Waals surface area (Å²) >= 11 is 5.84. The molecule has 2 heterocycles. The zero-order chi connectivity index (χ0) is 14.9. The minimum Gasteiger partial charge on any atom is -0.383 e. The fraction of sp³-hybridized carbons (Fsp3) is 0.583. The maximum atomic E-state index is 12.8. The second-order valence-corrected chi connectivity index (χ2v) is 7.37. The topological polar surface area (TPSA) is 102 Å². The van der Waals surface area contributed by atoms with Gasteiger partial charge in [-0.15, -0.1) is 0 Å². The number of nitrogens with zero attached hydrogens (tertiary/aromatic N) is 2. The first kappa shape index (κ1) is 15.5. The molecular weight excluding hydrogens is 300 g/mol. The van der Waals surface area contributed by atoms with Crippen molar-refractivity contribution in [2.75, 3.05) is 18.8 Å². The molecule has 0 aliphatic carbocycles. The Balaban J connectivity index is 2.45. The molecule has 0 saturated carbocycles. The number of rotatable bonds is 3. The lowest BCUT2D eigenvalue weighted by molar-refractivity contribution is 0.192. The number of piperidine rings is 1. The average molecular weight is 319 g/mol. The van der Waals surface area contributed by atoms with E-state index in [0.29, 0.717) is 6.54 Å². The smallest absolute Gasteiger partial charge is 0.247 e. The molecule has 0 aromatic carbocycles. The maximum absolute atomic E-state index is 12.8. The summed E-state index contributed by atoms with van der Waals surface area (Å²) in [4.78, 5) is 3.77. The fourth-order valence-electron chi connectivity index (χ4n) is 2.62. The van der Waals surface area contributed by atoms with Crippen molar-refractivity contribution in [3.05, 3.63) is 17.3 Å². The molecule has 112 valence electrons. The minimum atomic E-state index is -3.73. The van der Waals surface area contributed by atoms with Crippen molar-refractivity contribution in [3.8, 4) is 0 Å². The molecule has 8 heteroatoms. The van der Waals surface area contributed by atoms with Crippen molar-refractivity contribution in [2.45, 2.75) is 30.7 Å². The molecule has 2 rings (SSSR count). The highest BCUT2D eigenvalue weighted by molar-refractivity contribution is 7.89. The van der Waals surface area contributed by atoms with Gasteiger partial charge in [-0.1, -0.05) is 18.5 Å². The van der Waals surface area contributed by atoms with Crippen LogP contribution in [0.4, 0.5) is 5.82 Å². The van der Waals surface area contributed by atoms with Gasteiger partial charge in [-0.05, 0) is 24.8 Å². The van der Waals surface area contributed by atoms with Gasteiger partial charge in [0, 0.05) is 25.3 Å². The summed E-state index contributed by atoms with van der Waals surface area (Å²) in [5, 5.41) is 0.243. The van der Waals surface area contributed by atoms with Gasteiger partial charge < -0.3 is 11.5 Å². The van der Waals surface area contributed by atoms with Gasteiger partial charge in [0.05, 0.1) is 5.02 Å². The first-order chi connectivity index (χ1) is 9.37. The molecule has 0 radical (unpaired) electrons. The predicted molar refractivity (Wildman–Crippen MR) is 78.8 cm³/mol. The van der Waals surface area contributed by atoms with Crippen molar-refractivity contribution in [2.24, 2.45) is 11.7 Å². The average Bonchev–Trinajstić information content (AvgIpc) is 2.41. The molecule has 2 atom stereocenters. The van der Waals surface area contributed by atoms with E-state index >= 15 is 0 Å². The van der Waals surface area contributed by atoms with E-state index in [2.05, 4.69) is 4.98 Å². The third-order valence-corrected chi connectivity index (χ3v) is 5.90. The number of anilines is 1. The van der Waals surface area contributed by atoms with Crippen molar-refractivity contribution in [1.29, 1.82) is 0 Å². The van der Waals surface area contributed by atoms with Crippen LogP contribution in [0.1, 0.15) is 19.8 Å². The van der Waals surface area contributed by atoms with Gasteiger partial charge in [0.1, 0.15) is 10.7 Å². The number of aromatic nitrogens is 1. The van der Waals surface area contributed by atoms with Gasteiger partial charge in [0.2, 0.25) is 10.0 Å². The zero-order valence-electron chi connectivity index (χ0n) is 11.3. The normalized spacial score (nSPS) is 24.8. The molecule has 4 N–H and O–H groups in total. The van der Waals surface area contributed by atoms with E-state index in [9.17, 15) is 8.42 Å². The number of pyridine rings is 1. The Morgan fingerprint density at radius 2 is 2.25 bits per heavy atom. The molecule has 0 unspecified atom stereocenters. The quantitative estimate of drug-likeness (QED) is 0.867. The van der Waals surface area contributed by atoms with Crippen molar-refractivity contribution < 1.29 is 8.42 Å². The summed E-state index contributed by atoms with van der Waals surface area (Å²) in [5.41, 5.74) is 11.4. The third kappa shape index (κ3) is 2.76. The van der Waals surface area contributed by atoms with E-state index in [1.807, 2.05) is 6.92 Å². The Morgan fingerprint density at radius 3 is 2.90 bits per heavy atom. The summed E-state index contributed by atoms with van der Waals surface area (Å²) in [7, 11) is -3.73. The number of nitrogens with two attached hydrogens (primary N) is 2. The molecule has 0 amide bonds. The minimum absolute atomic E-state index is 0.0385. The molecule has 0 spiro atoms. The summed E-state index contributed by atoms with van der Waals surface area (Å²) in [6.45, 7) is 2.74. The van der Waals surface area contributed by atoms with Gasteiger partial charge in [0.15, 0.2) is 0 Å². The Morgan fingerprint density at radius 1 is 1.55 bits per heavy atom.